The zero-order chi connectivity index (χ0) is 95.4. The molecular weight excluding hydrogens is 1720 g/mol. The molecule has 13 atom stereocenters. The zero-order valence-corrected chi connectivity index (χ0v) is 75.6. The second-order valence-electron chi connectivity index (χ2n) is 31.9. The number of aliphatic hydroxyl groups is 1. The quantitative estimate of drug-likeness (QED) is 0.0106. The van der Waals surface area contributed by atoms with Crippen LogP contribution in [0.1, 0.15) is 131 Å². The van der Waals surface area contributed by atoms with Gasteiger partial charge in [0.15, 0.2) is 0 Å². The molecule has 2 aromatic carbocycles. The van der Waals surface area contributed by atoms with Gasteiger partial charge in [0.1, 0.15) is 66.5 Å². The summed E-state index contributed by atoms with van der Waals surface area (Å²) in [5.74, 6) is -14.8. The number of unbranched alkanes of at least 4 members (excludes halogenated alkanes) is 1. The van der Waals surface area contributed by atoms with Crippen LogP contribution in [0.4, 0.5) is 0 Å². The molecule has 0 fully saturated rings. The van der Waals surface area contributed by atoms with Gasteiger partial charge in [-0.3, -0.25) is 86.8 Å². The summed E-state index contributed by atoms with van der Waals surface area (Å²) >= 11 is 8.41. The maximum Gasteiger partial charge on any atom is 0.305 e. The summed E-state index contributed by atoms with van der Waals surface area (Å²) in [4.78, 5) is 246. The number of H-pyrrole nitrogens is 3. The molecule has 0 aliphatic carbocycles. The Morgan fingerprint density at radius 2 is 0.922 bits per heavy atom. The Labute approximate surface area is 757 Å². The number of carbonyl (C=O) groups is 17. The SMILES string of the molecule is C#CCCCC(=O)NCCOCCOCCOCCNC(=O)CC[C@H](NC(=O)CNC(=O)[C@H](CC(C)C)NC(=O)[C@H](Cc1cnc[nH]1)NC(=O)[C@H](Cc1c[nH]c2ccccc12)NC(=O)[C@H](C)NC(=O)[C@H](CS)NC(=O)[C@@H](N)CC(=O)O)C(=O)N[C@@H](CC(C)C)C(=O)N[C@H](C(=O)N[C@@H](Cc1c[nH]c2ccccc12)C(=O)N[C@@H](CS)C(=O)N[C@H](C(=O)NC(C)=O)[C@@H](C)O)C(C)C. The first-order valence-electron chi connectivity index (χ1n) is 42.4. The van der Waals surface area contributed by atoms with E-state index in [1.165, 1.54) is 26.4 Å². The van der Waals surface area contributed by atoms with Crippen molar-refractivity contribution in [2.45, 2.75) is 212 Å². The first-order chi connectivity index (χ1) is 61.3. The third-order valence-corrected chi connectivity index (χ3v) is 20.6. The fourth-order valence-corrected chi connectivity index (χ4v) is 13.6. The number of aromatic amines is 3. The van der Waals surface area contributed by atoms with E-state index in [-0.39, 0.29) is 108 Å². The number of ether oxygens (including phenoxy) is 3. The molecule has 0 aliphatic rings. The molecule has 0 saturated heterocycles. The van der Waals surface area contributed by atoms with Crippen molar-refractivity contribution in [3.05, 3.63) is 90.3 Å². The van der Waals surface area contributed by atoms with E-state index in [4.69, 9.17) is 31.5 Å². The number of fused-ring (bicyclic) bond motifs is 2. The molecule has 708 valence electrons. The number of hydrogen-bond acceptors (Lipinski definition) is 25. The van der Waals surface area contributed by atoms with Crippen molar-refractivity contribution in [3.63, 3.8) is 0 Å². The number of nitrogens with zero attached hydrogens (tertiary/aromatic N) is 1. The number of imide groups is 1. The topological polar surface area (TPSA) is 625 Å². The van der Waals surface area contributed by atoms with Gasteiger partial charge in [-0.1, -0.05) is 77.9 Å². The molecule has 5 rings (SSSR count). The number of hydrogen-bond donors (Lipinski definition) is 23. The molecule has 42 nitrogen and oxygen atoms in total. The van der Waals surface area contributed by atoms with Crippen molar-refractivity contribution >= 4 is 148 Å². The van der Waals surface area contributed by atoms with Gasteiger partial charge >= 0.3 is 5.97 Å². The van der Waals surface area contributed by atoms with E-state index in [1.54, 1.807) is 102 Å². The Bertz CT molecular complexity index is 4630. The van der Waals surface area contributed by atoms with Crippen LogP contribution in [-0.4, -0.2) is 280 Å². The number of benzene rings is 2. The van der Waals surface area contributed by atoms with Crippen LogP contribution in [0.25, 0.3) is 21.8 Å². The number of carbonyl (C=O) groups excluding carboxylic acids is 16. The van der Waals surface area contributed by atoms with E-state index in [0.717, 1.165) is 6.92 Å². The summed E-state index contributed by atoms with van der Waals surface area (Å²) < 4.78 is 16.7. The van der Waals surface area contributed by atoms with E-state index in [2.05, 4.69) is 126 Å². The van der Waals surface area contributed by atoms with E-state index in [0.29, 0.717) is 64.4 Å². The number of carboxylic acids is 1. The van der Waals surface area contributed by atoms with Gasteiger partial charge in [-0.2, -0.15) is 25.3 Å². The molecule has 0 radical (unpaired) electrons. The highest BCUT2D eigenvalue weighted by Crippen LogP contribution is 2.22. The second-order valence-corrected chi connectivity index (χ2v) is 32.6. The minimum atomic E-state index is -1.65. The summed E-state index contributed by atoms with van der Waals surface area (Å²) in [6.07, 6.45) is 8.63. The predicted octanol–water partition coefficient (Wildman–Crippen LogP) is -2.81. The Hall–Kier alpha value is -12.0. The average molecular weight is 1840 g/mol. The van der Waals surface area contributed by atoms with Gasteiger partial charge in [0.25, 0.3) is 5.91 Å². The predicted molar refractivity (Wildman–Crippen MR) is 479 cm³/mol. The number of aliphatic carboxylic acids is 1. The Morgan fingerprint density at radius 3 is 1.41 bits per heavy atom. The fourth-order valence-electron chi connectivity index (χ4n) is 13.0. The Kier molecular flexibility index (Phi) is 46.9. The number of imidazole rings is 1. The first kappa shape index (κ1) is 108. The highest BCUT2D eigenvalue weighted by Gasteiger charge is 2.39. The Balaban J connectivity index is 1.37. The molecule has 44 heteroatoms. The number of amides is 16. The molecule has 0 bridgehead atoms. The molecule has 0 spiro atoms. The number of nitrogens with two attached hydrogens (primary N) is 1. The van der Waals surface area contributed by atoms with Gasteiger partial charge in [-0.25, -0.2) is 4.98 Å². The lowest BCUT2D eigenvalue weighted by Gasteiger charge is -2.29. The van der Waals surface area contributed by atoms with Crippen molar-refractivity contribution in [1.82, 2.24) is 99.7 Å². The van der Waals surface area contributed by atoms with Crippen LogP contribution in [0.5, 0.6) is 0 Å². The Morgan fingerprint density at radius 1 is 0.481 bits per heavy atom. The first-order valence-corrected chi connectivity index (χ1v) is 43.7. The number of carboxylic acid groups (broad SMARTS) is 1. The lowest BCUT2D eigenvalue weighted by atomic mass is 9.98. The molecule has 22 N–H and O–H groups in total. The minimum absolute atomic E-state index is 0.0107. The number of para-hydroxylation sites is 2. The van der Waals surface area contributed by atoms with Gasteiger partial charge in [0.05, 0.1) is 71.1 Å². The highest BCUT2D eigenvalue weighted by molar-refractivity contribution is 7.80. The summed E-state index contributed by atoms with van der Waals surface area (Å²) in [6.45, 7) is 14.2. The smallest absolute Gasteiger partial charge is 0.305 e. The van der Waals surface area contributed by atoms with Crippen LogP contribution < -0.4 is 85.5 Å². The average Bonchev–Trinajstić information content (AvgIpc) is 1.37. The lowest BCUT2D eigenvalue weighted by molar-refractivity contribution is -0.140. The van der Waals surface area contributed by atoms with Crippen molar-refractivity contribution in [2.75, 3.05) is 70.8 Å². The van der Waals surface area contributed by atoms with Gasteiger partial charge < -0.3 is 120 Å². The number of rotatable bonds is 59. The van der Waals surface area contributed by atoms with Crippen molar-refractivity contribution in [1.29, 1.82) is 0 Å². The molecule has 129 heavy (non-hydrogen) atoms. The van der Waals surface area contributed by atoms with Crippen molar-refractivity contribution < 1.29 is 106 Å². The summed E-state index contributed by atoms with van der Waals surface area (Å²) in [6, 6.07) is -3.86. The molecule has 5 aromatic rings. The highest BCUT2D eigenvalue weighted by atomic mass is 32.1. The van der Waals surface area contributed by atoms with E-state index < -0.39 is 205 Å². The number of thiol groups is 2. The normalized spacial score (nSPS) is 14.3. The number of aromatic nitrogens is 4. The molecule has 0 aliphatic heterocycles. The summed E-state index contributed by atoms with van der Waals surface area (Å²) in [5, 5.41) is 59.2. The number of nitrogens with one attached hydrogen (secondary N) is 18. The fraction of sp³-hybridized carbons (Fsp3) is 0.553. The lowest BCUT2D eigenvalue weighted by Crippen LogP contribution is -2.62. The van der Waals surface area contributed by atoms with Crippen LogP contribution >= 0.6 is 25.3 Å². The van der Waals surface area contributed by atoms with Crippen LogP contribution in [0.3, 0.4) is 0 Å². The monoisotopic (exact) mass is 1840 g/mol. The van der Waals surface area contributed by atoms with Crippen LogP contribution in [0.2, 0.25) is 0 Å². The molecule has 3 aromatic heterocycles. The third-order valence-electron chi connectivity index (χ3n) is 19.8. The zero-order valence-electron chi connectivity index (χ0n) is 73.8. The largest absolute Gasteiger partial charge is 0.481 e. The van der Waals surface area contributed by atoms with Crippen molar-refractivity contribution in [3.8, 4) is 12.3 Å². The van der Waals surface area contributed by atoms with Crippen molar-refractivity contribution in [2.24, 2.45) is 23.5 Å². The van der Waals surface area contributed by atoms with E-state index in [1.807, 2.05) is 5.32 Å². The molecule has 0 unspecified atom stereocenters. The molecule has 0 saturated carbocycles. The summed E-state index contributed by atoms with van der Waals surface area (Å²) in [5.41, 5.74) is 8.46. The summed E-state index contributed by atoms with van der Waals surface area (Å²) in [7, 11) is 0. The van der Waals surface area contributed by atoms with Gasteiger partial charge in [-0.15, -0.1) is 12.3 Å². The van der Waals surface area contributed by atoms with E-state index >= 15 is 0 Å². The minimum Gasteiger partial charge on any atom is -0.481 e. The van der Waals surface area contributed by atoms with Gasteiger partial charge in [-0.05, 0) is 80.5 Å². The molecule has 3 heterocycles. The maximum atomic E-state index is 14.9. The van der Waals surface area contributed by atoms with Crippen LogP contribution in [0.15, 0.2) is 73.4 Å². The second kappa shape index (κ2) is 56.3. The number of aliphatic hydroxyl groups excluding tert-OH is 1. The standard InChI is InChI=1S/C85H124N20O22S2/c1-11-12-13-22-68(108)88-25-27-125-29-31-127-32-30-126-28-26-89-69(109)24-23-60(77(116)99-62(34-47(4)5)81(120)104-72(48(6)7)84(123)101-64(36-53-40-91-59-21-17-15-19-56(53)59)79(118)103-67(44-129)83(122)105-73(50(9)106)85(124)95-51(10)107)96-70(110)42-92-76(115)61(33-46(2)3)98-80(119)65(37-54-41-87-45-93-54)100-78(117)63(35-52-39-90-58-20-16-14-18-55(52)58)97-74(113)49(8)94-82(121)66(43-128)102-75(114)57(86)38-71(111)112/h1,14-21,39-41,45-50,57,60-67,72-73,90-91,106,128-129H,12-13,22-38,42-44,86H2,2-10H3,(H,87,93)(H,88,108)(H,89,109)(H,92,115)(H,94,121)(H,96,110)(H,97,113)(H,98,119)(H,99,116)(H,100,117)(H,101,123)(H,102,114)(H,103,118)(H,104,120)(H,105,122)(H,111,112)(H,95,107,124)/t49-,50+,57-,60-,61-,62-,63-,64-,65-,66-,67-,72-,73-/m0/s1. The third kappa shape index (κ3) is 38.4. The number of terminal acetylenes is 1. The van der Waals surface area contributed by atoms with Crippen LogP contribution in [0, 0.1) is 30.1 Å². The van der Waals surface area contributed by atoms with Gasteiger partial charge in [0, 0.05) is 116 Å². The molecule has 16 amide bonds. The van der Waals surface area contributed by atoms with E-state index in [9.17, 15) is 86.6 Å². The van der Waals surface area contributed by atoms with Gasteiger partial charge in [0.2, 0.25) is 88.6 Å². The van der Waals surface area contributed by atoms with Crippen LogP contribution in [-0.2, 0) is 115 Å². The molecular formula is C85H124N20O22S2. The maximum absolute atomic E-state index is 14.9.